The van der Waals surface area contributed by atoms with Crippen molar-refractivity contribution < 1.29 is 4.79 Å². The highest BCUT2D eigenvalue weighted by Crippen LogP contribution is 2.13. The zero-order valence-electron chi connectivity index (χ0n) is 16.5. The molecule has 0 bridgehead atoms. The quantitative estimate of drug-likeness (QED) is 0.693. The van der Waals surface area contributed by atoms with Crippen LogP contribution in [0.5, 0.6) is 0 Å². The molecule has 0 aliphatic heterocycles. The zero-order valence-corrected chi connectivity index (χ0v) is 16.5. The smallest absolute Gasteiger partial charge is 0.236 e. The van der Waals surface area contributed by atoms with E-state index in [0.717, 1.165) is 18.7 Å². The standard InChI is InChI=1S/C20H35N3O/c1-16(2)12-23(13-17(3)4)15-20(24)22(7)14-18-8-10-19(11-9-18)21(5)6/h8-11,16-17H,12-15H2,1-7H3. The SMILES string of the molecule is CC(C)CN(CC(=O)N(C)Cc1ccc(N(C)C)cc1)CC(C)C. The maximum absolute atomic E-state index is 12.6. The molecule has 24 heavy (non-hydrogen) atoms. The van der Waals surface area contributed by atoms with Crippen molar-refractivity contribution in [3.63, 3.8) is 0 Å². The van der Waals surface area contributed by atoms with Crippen LogP contribution in [0.4, 0.5) is 5.69 Å². The zero-order chi connectivity index (χ0) is 18.3. The van der Waals surface area contributed by atoms with Crippen LogP contribution in [0, 0.1) is 11.8 Å². The third kappa shape index (κ3) is 7.35. The summed E-state index contributed by atoms with van der Waals surface area (Å²) in [5.74, 6) is 1.33. The van der Waals surface area contributed by atoms with Crippen molar-refractivity contribution in [3.8, 4) is 0 Å². The Morgan fingerprint density at radius 3 is 1.83 bits per heavy atom. The van der Waals surface area contributed by atoms with Crippen LogP contribution < -0.4 is 4.90 Å². The molecule has 0 radical (unpaired) electrons. The molecule has 1 rings (SSSR count). The molecule has 0 aliphatic rings. The van der Waals surface area contributed by atoms with Crippen LogP contribution in [0.2, 0.25) is 0 Å². The molecule has 0 N–H and O–H groups in total. The van der Waals surface area contributed by atoms with Gasteiger partial charge in [0.15, 0.2) is 0 Å². The number of carbonyl (C=O) groups excluding carboxylic acids is 1. The minimum Gasteiger partial charge on any atom is -0.378 e. The maximum atomic E-state index is 12.6. The van der Waals surface area contributed by atoms with Gasteiger partial charge in [-0.05, 0) is 29.5 Å². The molecule has 0 heterocycles. The van der Waals surface area contributed by atoms with Crippen LogP contribution >= 0.6 is 0 Å². The van der Waals surface area contributed by atoms with Gasteiger partial charge in [0, 0.05) is 46.5 Å². The lowest BCUT2D eigenvalue weighted by atomic mass is 10.1. The highest BCUT2D eigenvalue weighted by Gasteiger charge is 2.16. The summed E-state index contributed by atoms with van der Waals surface area (Å²) in [4.78, 5) is 18.8. The number of hydrogen-bond acceptors (Lipinski definition) is 3. The maximum Gasteiger partial charge on any atom is 0.236 e. The Bertz CT molecular complexity index is 484. The van der Waals surface area contributed by atoms with Gasteiger partial charge in [-0.3, -0.25) is 9.69 Å². The normalized spacial score (nSPS) is 11.4. The molecule has 0 saturated heterocycles. The Kier molecular flexibility index (Phi) is 8.26. The average Bonchev–Trinajstić information content (AvgIpc) is 2.46. The second-order valence-electron chi connectivity index (χ2n) is 7.79. The number of benzene rings is 1. The van der Waals surface area contributed by atoms with E-state index in [2.05, 4.69) is 61.8 Å². The van der Waals surface area contributed by atoms with E-state index in [-0.39, 0.29) is 5.91 Å². The molecule has 1 amide bonds. The number of hydrogen-bond donors (Lipinski definition) is 0. The molecule has 4 nitrogen and oxygen atoms in total. The Hall–Kier alpha value is -1.55. The van der Waals surface area contributed by atoms with Crippen molar-refractivity contribution in [2.75, 3.05) is 45.7 Å². The number of amides is 1. The summed E-state index contributed by atoms with van der Waals surface area (Å²) in [6.45, 7) is 11.9. The van der Waals surface area contributed by atoms with E-state index in [0.29, 0.717) is 24.9 Å². The van der Waals surface area contributed by atoms with E-state index in [9.17, 15) is 4.79 Å². The van der Waals surface area contributed by atoms with Crippen LogP contribution in [0.3, 0.4) is 0 Å². The molecule has 0 spiro atoms. The predicted octanol–water partition coefficient (Wildman–Crippen LogP) is 3.33. The molecule has 0 aliphatic carbocycles. The monoisotopic (exact) mass is 333 g/mol. The lowest BCUT2D eigenvalue weighted by molar-refractivity contribution is -0.131. The molecule has 136 valence electrons. The molecule has 0 unspecified atom stereocenters. The summed E-state index contributed by atoms with van der Waals surface area (Å²) in [6.07, 6.45) is 0. The third-order valence-corrected chi connectivity index (χ3v) is 3.90. The lowest BCUT2D eigenvalue weighted by Gasteiger charge is -2.28. The molecule has 1 aromatic carbocycles. The summed E-state index contributed by atoms with van der Waals surface area (Å²) >= 11 is 0. The Morgan fingerprint density at radius 1 is 0.917 bits per heavy atom. The van der Waals surface area contributed by atoms with Gasteiger partial charge in [0.05, 0.1) is 6.54 Å². The first-order valence-electron chi connectivity index (χ1n) is 8.91. The summed E-state index contributed by atoms with van der Waals surface area (Å²) in [5.41, 5.74) is 2.34. The van der Waals surface area contributed by atoms with Gasteiger partial charge in [0.25, 0.3) is 0 Å². The highest BCUT2D eigenvalue weighted by molar-refractivity contribution is 5.78. The first-order valence-corrected chi connectivity index (χ1v) is 8.91. The highest BCUT2D eigenvalue weighted by atomic mass is 16.2. The van der Waals surface area contributed by atoms with E-state index < -0.39 is 0 Å². The lowest BCUT2D eigenvalue weighted by Crippen LogP contribution is -2.41. The summed E-state index contributed by atoms with van der Waals surface area (Å²) in [5, 5.41) is 0. The van der Waals surface area contributed by atoms with Crippen molar-refractivity contribution >= 4 is 11.6 Å². The van der Waals surface area contributed by atoms with Crippen molar-refractivity contribution in [3.05, 3.63) is 29.8 Å². The van der Waals surface area contributed by atoms with Gasteiger partial charge in [-0.25, -0.2) is 0 Å². The van der Waals surface area contributed by atoms with Gasteiger partial charge < -0.3 is 9.80 Å². The molecular formula is C20H35N3O. The second-order valence-corrected chi connectivity index (χ2v) is 7.79. The van der Waals surface area contributed by atoms with E-state index in [1.54, 1.807) is 0 Å². The topological polar surface area (TPSA) is 26.8 Å². The van der Waals surface area contributed by atoms with E-state index in [1.807, 2.05) is 26.0 Å². The van der Waals surface area contributed by atoms with Crippen LogP contribution in [0.1, 0.15) is 33.3 Å². The fourth-order valence-corrected chi connectivity index (χ4v) is 2.81. The Labute approximate surface area is 148 Å². The van der Waals surface area contributed by atoms with E-state index in [4.69, 9.17) is 0 Å². The number of rotatable bonds is 9. The van der Waals surface area contributed by atoms with E-state index in [1.165, 1.54) is 5.69 Å². The molecule has 0 aromatic heterocycles. The summed E-state index contributed by atoms with van der Waals surface area (Å²) in [6, 6.07) is 8.38. The van der Waals surface area contributed by atoms with Gasteiger partial charge in [0.1, 0.15) is 0 Å². The predicted molar refractivity (Wildman–Crippen MR) is 103 cm³/mol. The van der Waals surface area contributed by atoms with Gasteiger partial charge >= 0.3 is 0 Å². The first kappa shape index (κ1) is 20.5. The van der Waals surface area contributed by atoms with Gasteiger partial charge in [-0.1, -0.05) is 39.8 Å². The van der Waals surface area contributed by atoms with E-state index >= 15 is 0 Å². The molecular weight excluding hydrogens is 298 g/mol. The minimum absolute atomic E-state index is 0.188. The van der Waals surface area contributed by atoms with Crippen LogP contribution in [0.15, 0.2) is 24.3 Å². The fraction of sp³-hybridized carbons (Fsp3) is 0.650. The molecule has 4 heteroatoms. The first-order chi connectivity index (χ1) is 11.2. The number of carbonyl (C=O) groups is 1. The molecule has 0 saturated carbocycles. The van der Waals surface area contributed by atoms with Gasteiger partial charge in [0.2, 0.25) is 5.91 Å². The number of anilines is 1. The number of likely N-dealkylation sites (N-methyl/N-ethyl adjacent to an activating group) is 1. The number of nitrogens with zero attached hydrogens (tertiary/aromatic N) is 3. The Morgan fingerprint density at radius 2 is 1.42 bits per heavy atom. The van der Waals surface area contributed by atoms with Crippen molar-refractivity contribution in [2.24, 2.45) is 11.8 Å². The van der Waals surface area contributed by atoms with Gasteiger partial charge in [-0.2, -0.15) is 0 Å². The van der Waals surface area contributed by atoms with Crippen LogP contribution in [-0.4, -0.2) is 56.5 Å². The summed E-state index contributed by atoms with van der Waals surface area (Å²) < 4.78 is 0. The fourth-order valence-electron chi connectivity index (χ4n) is 2.81. The average molecular weight is 334 g/mol. The van der Waals surface area contributed by atoms with Crippen LogP contribution in [0.25, 0.3) is 0 Å². The summed E-state index contributed by atoms with van der Waals surface area (Å²) in [7, 11) is 5.95. The molecule has 1 aromatic rings. The van der Waals surface area contributed by atoms with Crippen molar-refractivity contribution in [1.82, 2.24) is 9.80 Å². The largest absolute Gasteiger partial charge is 0.378 e. The van der Waals surface area contributed by atoms with Crippen molar-refractivity contribution in [1.29, 1.82) is 0 Å². The molecule has 0 atom stereocenters. The van der Waals surface area contributed by atoms with Crippen molar-refractivity contribution in [2.45, 2.75) is 34.2 Å². The van der Waals surface area contributed by atoms with Gasteiger partial charge in [-0.15, -0.1) is 0 Å². The Balaban J connectivity index is 2.61. The second kappa shape index (κ2) is 9.67. The third-order valence-electron chi connectivity index (χ3n) is 3.90. The molecule has 0 fully saturated rings. The van der Waals surface area contributed by atoms with Crippen LogP contribution in [-0.2, 0) is 11.3 Å². The minimum atomic E-state index is 0.188.